The maximum Gasteiger partial charge on any atom is 0.0648 e. The van der Waals surface area contributed by atoms with E-state index >= 15 is 0 Å². The van der Waals surface area contributed by atoms with E-state index < -0.39 is 166 Å². The van der Waals surface area contributed by atoms with E-state index in [4.69, 9.17) is 21.9 Å². The number of nitrogens with zero attached hydrogens (tertiary/aromatic N) is 2. The standard InChI is InChI=1S/C38H28N2/c1-25-23-27(39-35-15-7-3-11-31(35)32-12-4-8-16-36(32)39)19-21-29(25)30-22-20-28(24-26(30)2)40-37-17-9-5-13-33(37)34-14-6-10-18-38(34)40/h3-24H,1-2H3/i3D,4D,5D,6D,7D,8D,9D,10D,11D,12D,13D,14D,15D,16D,17D,18D,19D,20D,21D,22D,23D,24D. The average molecular weight is 535 g/mol. The monoisotopic (exact) mass is 534 g/mol. The van der Waals surface area contributed by atoms with Crippen LogP contribution in [0, 0.1) is 13.8 Å². The minimum atomic E-state index is -0.787. The highest BCUT2D eigenvalue weighted by atomic mass is 15.0. The Kier molecular flexibility index (Phi) is 2.14. The third kappa shape index (κ3) is 3.29. The highest BCUT2D eigenvalue weighted by Crippen LogP contribution is 2.36. The van der Waals surface area contributed by atoms with Crippen LogP contribution in [0.15, 0.2) is 133 Å². The van der Waals surface area contributed by atoms with Crippen molar-refractivity contribution >= 4 is 43.6 Å². The summed E-state index contributed by atoms with van der Waals surface area (Å²) < 4.78 is 195. The molecular weight excluding hydrogens is 484 g/mol. The zero-order valence-corrected chi connectivity index (χ0v) is 20.9. The molecule has 2 aromatic heterocycles. The van der Waals surface area contributed by atoms with Crippen molar-refractivity contribution in [1.29, 1.82) is 0 Å². The number of para-hydroxylation sites is 4. The zero-order chi connectivity index (χ0) is 45.9. The summed E-state index contributed by atoms with van der Waals surface area (Å²) in [5, 5.41) is -1.27. The molecule has 2 heterocycles. The van der Waals surface area contributed by atoms with Gasteiger partial charge in [0.25, 0.3) is 0 Å². The summed E-state index contributed by atoms with van der Waals surface area (Å²) in [5.41, 5.74) is -3.41. The molecule has 0 fully saturated rings. The van der Waals surface area contributed by atoms with E-state index in [1.54, 1.807) is 0 Å². The lowest BCUT2D eigenvalue weighted by Crippen LogP contribution is -1.98. The van der Waals surface area contributed by atoms with Gasteiger partial charge in [0.2, 0.25) is 0 Å². The van der Waals surface area contributed by atoms with Crippen molar-refractivity contribution < 1.29 is 30.2 Å². The maximum atomic E-state index is 9.43. The molecule has 0 atom stereocenters. The summed E-state index contributed by atoms with van der Waals surface area (Å²) >= 11 is 0. The van der Waals surface area contributed by atoms with Gasteiger partial charge in [-0.15, -0.1) is 0 Å². The molecule has 6 aromatic carbocycles. The van der Waals surface area contributed by atoms with Gasteiger partial charge >= 0.3 is 0 Å². The Morgan fingerprint density at radius 1 is 0.400 bits per heavy atom. The third-order valence-corrected chi connectivity index (χ3v) is 6.74. The largest absolute Gasteiger partial charge is 0.309 e. The van der Waals surface area contributed by atoms with Gasteiger partial charge in [0, 0.05) is 32.9 Å². The quantitative estimate of drug-likeness (QED) is 0.213. The molecule has 190 valence electrons. The van der Waals surface area contributed by atoms with Crippen LogP contribution in [0.4, 0.5) is 0 Å². The molecule has 40 heavy (non-hydrogen) atoms. The first-order valence-corrected chi connectivity index (χ1v) is 12.1. The molecule has 0 bridgehead atoms. The highest BCUT2D eigenvalue weighted by molar-refractivity contribution is 6.10. The molecule has 8 aromatic rings. The van der Waals surface area contributed by atoms with E-state index in [0.717, 1.165) is 9.13 Å². The topological polar surface area (TPSA) is 9.86 Å². The van der Waals surface area contributed by atoms with Crippen LogP contribution in [0.1, 0.15) is 41.3 Å². The van der Waals surface area contributed by atoms with Gasteiger partial charge in [-0.05, 0) is 84.4 Å². The van der Waals surface area contributed by atoms with Crippen LogP contribution in [-0.2, 0) is 0 Å². The van der Waals surface area contributed by atoms with Crippen molar-refractivity contribution in [3.05, 3.63) is 144 Å². The Morgan fingerprint density at radius 3 is 1.02 bits per heavy atom. The Hall–Kier alpha value is -5.08. The second kappa shape index (κ2) is 8.72. The van der Waals surface area contributed by atoms with E-state index in [1.165, 1.54) is 13.8 Å². The Morgan fingerprint density at radius 2 is 0.700 bits per heavy atom. The first kappa shape index (κ1) is 9.83. The lowest BCUT2D eigenvalue weighted by Gasteiger charge is -2.15. The predicted molar refractivity (Wildman–Crippen MR) is 170 cm³/mol. The molecule has 2 heteroatoms. The van der Waals surface area contributed by atoms with Crippen LogP contribution >= 0.6 is 0 Å². The fraction of sp³-hybridized carbons (Fsp3) is 0.0526. The number of benzene rings is 6. The Labute approximate surface area is 264 Å². The van der Waals surface area contributed by atoms with Crippen LogP contribution in [-0.4, -0.2) is 9.13 Å². The number of fused-ring (bicyclic) bond motifs is 6. The van der Waals surface area contributed by atoms with Crippen molar-refractivity contribution in [3.63, 3.8) is 0 Å². The SMILES string of the molecule is [2H]c1c([2H])c(-n2c3c([2H])c([2H])c([2H])c([2H])c3c3c([2H])c([2H])c([2H])c([2H])c32)c([2H])c(C)c1-c1c([2H])c([2H])c(-n2c3c([2H])c([2H])c([2H])c([2H])c3c3c([2H])c([2H])c([2H])c([2H])c32)c([2H])c1C. The number of aromatic nitrogens is 2. The van der Waals surface area contributed by atoms with Crippen molar-refractivity contribution in [1.82, 2.24) is 9.13 Å². The zero-order valence-electron chi connectivity index (χ0n) is 42.9. The predicted octanol–water partition coefficient (Wildman–Crippen LogP) is 10.2. The van der Waals surface area contributed by atoms with E-state index in [9.17, 15) is 8.22 Å². The van der Waals surface area contributed by atoms with Crippen LogP contribution in [0.3, 0.4) is 0 Å². The second-order valence-electron chi connectivity index (χ2n) is 9.01. The van der Waals surface area contributed by atoms with Gasteiger partial charge < -0.3 is 9.13 Å². The molecule has 0 radical (unpaired) electrons. The van der Waals surface area contributed by atoms with Crippen molar-refractivity contribution in [3.8, 4) is 22.5 Å². The van der Waals surface area contributed by atoms with Crippen LogP contribution in [0.25, 0.3) is 66.1 Å². The molecule has 0 saturated carbocycles. The second-order valence-corrected chi connectivity index (χ2v) is 9.01. The van der Waals surface area contributed by atoms with E-state index in [2.05, 4.69) is 0 Å². The number of rotatable bonds is 3. The average Bonchev–Trinajstić information content (AvgIpc) is 3.78. The van der Waals surface area contributed by atoms with Crippen molar-refractivity contribution in [2.45, 2.75) is 13.8 Å². The van der Waals surface area contributed by atoms with Gasteiger partial charge in [0.1, 0.15) is 0 Å². The lowest BCUT2D eigenvalue weighted by atomic mass is 9.95. The smallest absolute Gasteiger partial charge is 0.0648 e. The normalized spacial score (nSPS) is 19.4. The fourth-order valence-corrected chi connectivity index (χ4v) is 4.99. The Bertz CT molecular complexity index is 3010. The van der Waals surface area contributed by atoms with E-state index in [1.807, 2.05) is 0 Å². The summed E-state index contributed by atoms with van der Waals surface area (Å²) in [6.07, 6.45) is 0. The maximum absolute atomic E-state index is 9.43. The molecule has 2 nitrogen and oxygen atoms in total. The van der Waals surface area contributed by atoms with Crippen LogP contribution in [0.5, 0.6) is 0 Å². The summed E-state index contributed by atoms with van der Waals surface area (Å²) in [6, 6.07) is -15.3. The van der Waals surface area contributed by atoms with Crippen molar-refractivity contribution in [2.75, 3.05) is 0 Å². The van der Waals surface area contributed by atoms with Crippen LogP contribution in [0.2, 0.25) is 0 Å². The molecule has 0 unspecified atom stereocenters. The molecule has 0 N–H and O–H groups in total. The van der Waals surface area contributed by atoms with E-state index in [-0.39, 0.29) is 43.8 Å². The number of hydrogen-bond donors (Lipinski definition) is 0. The molecule has 0 aliphatic carbocycles. The van der Waals surface area contributed by atoms with Gasteiger partial charge in [0.05, 0.1) is 52.2 Å². The molecule has 0 spiro atoms. The Balaban J connectivity index is 1.51. The molecule has 0 aliphatic rings. The summed E-state index contributed by atoms with van der Waals surface area (Å²) in [6.45, 7) is 2.66. The minimum absolute atomic E-state index is 0.138. The molecule has 0 amide bonds. The minimum Gasteiger partial charge on any atom is -0.309 e. The number of hydrogen-bond acceptors (Lipinski definition) is 0. The lowest BCUT2D eigenvalue weighted by molar-refractivity contribution is 1.16. The molecular formula is C38H28N2. The van der Waals surface area contributed by atoms with Gasteiger partial charge in [0.15, 0.2) is 0 Å². The third-order valence-electron chi connectivity index (χ3n) is 6.74. The molecule has 8 rings (SSSR count). The summed E-state index contributed by atoms with van der Waals surface area (Å²) in [4.78, 5) is 0. The first-order valence-electron chi connectivity index (χ1n) is 23.1. The van der Waals surface area contributed by atoms with Crippen LogP contribution < -0.4 is 0 Å². The van der Waals surface area contributed by atoms with Crippen molar-refractivity contribution in [2.24, 2.45) is 0 Å². The van der Waals surface area contributed by atoms with Gasteiger partial charge in [-0.3, -0.25) is 0 Å². The molecule has 0 aliphatic heterocycles. The fourth-order valence-electron chi connectivity index (χ4n) is 4.99. The van der Waals surface area contributed by atoms with Gasteiger partial charge in [-0.1, -0.05) is 84.6 Å². The van der Waals surface area contributed by atoms with Gasteiger partial charge in [-0.25, -0.2) is 0 Å². The summed E-state index contributed by atoms with van der Waals surface area (Å²) in [5.74, 6) is 0. The summed E-state index contributed by atoms with van der Waals surface area (Å²) in [7, 11) is 0. The van der Waals surface area contributed by atoms with E-state index in [0.29, 0.717) is 0 Å². The molecule has 0 saturated heterocycles. The van der Waals surface area contributed by atoms with Gasteiger partial charge in [-0.2, -0.15) is 0 Å². The first-order chi connectivity index (χ1) is 28.9. The highest BCUT2D eigenvalue weighted by Gasteiger charge is 2.15.